The number of methoxy groups -OCH3 is 3. The lowest BCUT2D eigenvalue weighted by Gasteiger charge is -2.10. The van der Waals surface area contributed by atoms with Crippen LogP contribution >= 0.6 is 0 Å². The number of carbonyl (C=O) groups is 3. The van der Waals surface area contributed by atoms with Gasteiger partial charge in [0.1, 0.15) is 0 Å². The molecule has 0 bridgehead atoms. The van der Waals surface area contributed by atoms with E-state index in [9.17, 15) is 14.4 Å². The third-order valence-electron chi connectivity index (χ3n) is 2.73. The molecule has 0 saturated heterocycles. The van der Waals surface area contributed by atoms with Crippen molar-refractivity contribution in [3.8, 4) is 11.5 Å². The van der Waals surface area contributed by atoms with Crippen LogP contribution in [-0.2, 0) is 14.3 Å². The lowest BCUT2D eigenvalue weighted by molar-refractivity contribution is -0.139. The van der Waals surface area contributed by atoms with Gasteiger partial charge in [0, 0.05) is 19.2 Å². The molecule has 0 fully saturated rings. The number of carbonyl (C=O) groups excluding carboxylic acids is 3. The van der Waals surface area contributed by atoms with Crippen molar-refractivity contribution in [2.75, 3.05) is 34.5 Å². The zero-order valence-corrected chi connectivity index (χ0v) is 13.1. The molecule has 0 aliphatic carbocycles. The Morgan fingerprint density at radius 3 is 2.26 bits per heavy atom. The number of benzene rings is 1. The molecule has 0 aliphatic heterocycles. The molecule has 23 heavy (non-hydrogen) atoms. The van der Waals surface area contributed by atoms with Crippen LogP contribution in [0.15, 0.2) is 18.2 Å². The van der Waals surface area contributed by atoms with Gasteiger partial charge in [0.05, 0.1) is 20.8 Å². The van der Waals surface area contributed by atoms with E-state index in [-0.39, 0.29) is 18.7 Å². The Bertz CT molecular complexity index is 576. The Kier molecular flexibility index (Phi) is 7.34. The second-order valence-corrected chi connectivity index (χ2v) is 4.23. The van der Waals surface area contributed by atoms with Gasteiger partial charge in [-0.1, -0.05) is 0 Å². The van der Waals surface area contributed by atoms with Crippen LogP contribution in [0.3, 0.4) is 0 Å². The van der Waals surface area contributed by atoms with E-state index < -0.39 is 17.7 Å². The SMILES string of the molecule is COCCNC(=O)C(=O)NNC(=O)c1ccc(OC)c(OC)c1. The molecular weight excluding hydrogens is 306 g/mol. The molecular formula is C14H19N3O6. The Hall–Kier alpha value is -2.81. The molecule has 0 aliphatic rings. The number of hydrogen-bond acceptors (Lipinski definition) is 6. The fourth-order valence-corrected chi connectivity index (χ4v) is 1.57. The third-order valence-corrected chi connectivity index (χ3v) is 2.73. The van der Waals surface area contributed by atoms with Crippen LogP contribution < -0.4 is 25.6 Å². The molecule has 1 aromatic rings. The van der Waals surface area contributed by atoms with Crippen molar-refractivity contribution in [2.24, 2.45) is 0 Å². The molecule has 3 N–H and O–H groups in total. The lowest BCUT2D eigenvalue weighted by atomic mass is 10.2. The van der Waals surface area contributed by atoms with Gasteiger partial charge in [-0.3, -0.25) is 25.2 Å². The summed E-state index contributed by atoms with van der Waals surface area (Å²) in [6.45, 7) is 0.462. The summed E-state index contributed by atoms with van der Waals surface area (Å²) in [7, 11) is 4.38. The average Bonchev–Trinajstić information content (AvgIpc) is 2.58. The fraction of sp³-hybridized carbons (Fsp3) is 0.357. The number of hydrazine groups is 1. The molecule has 0 heterocycles. The molecule has 0 aromatic heterocycles. The van der Waals surface area contributed by atoms with Gasteiger partial charge in [0.15, 0.2) is 11.5 Å². The van der Waals surface area contributed by atoms with E-state index in [1.54, 1.807) is 6.07 Å². The highest BCUT2D eigenvalue weighted by Gasteiger charge is 2.15. The van der Waals surface area contributed by atoms with E-state index in [2.05, 4.69) is 10.7 Å². The smallest absolute Gasteiger partial charge is 0.327 e. The van der Waals surface area contributed by atoms with Crippen LogP contribution in [0.1, 0.15) is 10.4 Å². The molecule has 9 nitrogen and oxygen atoms in total. The van der Waals surface area contributed by atoms with Crippen LogP contribution in [0.2, 0.25) is 0 Å². The monoisotopic (exact) mass is 325 g/mol. The quantitative estimate of drug-likeness (QED) is 0.359. The normalized spacial score (nSPS) is 9.70. The predicted octanol–water partition coefficient (Wildman–Crippen LogP) is -0.773. The van der Waals surface area contributed by atoms with Gasteiger partial charge in [-0.05, 0) is 18.2 Å². The van der Waals surface area contributed by atoms with Crippen molar-refractivity contribution in [1.82, 2.24) is 16.2 Å². The topological polar surface area (TPSA) is 115 Å². The van der Waals surface area contributed by atoms with Gasteiger partial charge in [0.25, 0.3) is 5.91 Å². The van der Waals surface area contributed by atoms with Crippen LogP contribution in [0.25, 0.3) is 0 Å². The van der Waals surface area contributed by atoms with Crippen molar-refractivity contribution in [3.05, 3.63) is 23.8 Å². The highest BCUT2D eigenvalue weighted by molar-refractivity contribution is 6.35. The maximum atomic E-state index is 11.9. The lowest BCUT2D eigenvalue weighted by Crippen LogP contribution is -2.49. The molecule has 0 atom stereocenters. The third kappa shape index (κ3) is 5.47. The first-order valence-electron chi connectivity index (χ1n) is 6.63. The molecule has 1 aromatic carbocycles. The van der Waals surface area contributed by atoms with Gasteiger partial charge in [0.2, 0.25) is 0 Å². The minimum Gasteiger partial charge on any atom is -0.493 e. The van der Waals surface area contributed by atoms with Gasteiger partial charge < -0.3 is 19.5 Å². The fourth-order valence-electron chi connectivity index (χ4n) is 1.57. The van der Waals surface area contributed by atoms with Crippen LogP contribution in [0.4, 0.5) is 0 Å². The van der Waals surface area contributed by atoms with Crippen LogP contribution in [-0.4, -0.2) is 52.2 Å². The number of ether oxygens (including phenoxy) is 3. The van der Waals surface area contributed by atoms with E-state index in [1.807, 2.05) is 5.43 Å². The second-order valence-electron chi connectivity index (χ2n) is 4.23. The van der Waals surface area contributed by atoms with Gasteiger partial charge in [-0.2, -0.15) is 0 Å². The molecule has 0 unspecified atom stereocenters. The summed E-state index contributed by atoms with van der Waals surface area (Å²) in [6.07, 6.45) is 0. The number of amides is 3. The van der Waals surface area contributed by atoms with Crippen molar-refractivity contribution in [1.29, 1.82) is 0 Å². The Morgan fingerprint density at radius 1 is 0.957 bits per heavy atom. The van der Waals surface area contributed by atoms with Crippen molar-refractivity contribution < 1.29 is 28.6 Å². The number of rotatable bonds is 6. The zero-order chi connectivity index (χ0) is 17.2. The van der Waals surface area contributed by atoms with E-state index >= 15 is 0 Å². The average molecular weight is 325 g/mol. The van der Waals surface area contributed by atoms with Gasteiger partial charge in [-0.25, -0.2) is 0 Å². The largest absolute Gasteiger partial charge is 0.493 e. The Morgan fingerprint density at radius 2 is 1.65 bits per heavy atom. The van der Waals surface area contributed by atoms with Gasteiger partial charge in [-0.15, -0.1) is 0 Å². The summed E-state index contributed by atoms with van der Waals surface area (Å²) in [5.74, 6) is -1.65. The highest BCUT2D eigenvalue weighted by Crippen LogP contribution is 2.27. The minimum absolute atomic E-state index is 0.187. The standard InChI is InChI=1S/C14H19N3O6/c1-21-7-6-15-13(19)14(20)17-16-12(18)9-4-5-10(22-2)11(8-9)23-3/h4-5,8H,6-7H2,1-3H3,(H,15,19)(H,16,18)(H,17,20). The maximum Gasteiger partial charge on any atom is 0.327 e. The molecule has 0 radical (unpaired) electrons. The van der Waals surface area contributed by atoms with Crippen LogP contribution in [0, 0.1) is 0 Å². The molecule has 9 heteroatoms. The maximum absolute atomic E-state index is 11.9. The minimum atomic E-state index is -0.991. The molecule has 3 amide bonds. The molecule has 126 valence electrons. The van der Waals surface area contributed by atoms with E-state index in [0.29, 0.717) is 11.5 Å². The molecule has 0 saturated carbocycles. The number of hydrogen-bond donors (Lipinski definition) is 3. The predicted molar refractivity (Wildman–Crippen MR) is 80.0 cm³/mol. The van der Waals surface area contributed by atoms with Crippen molar-refractivity contribution in [3.63, 3.8) is 0 Å². The first kappa shape index (κ1) is 18.2. The van der Waals surface area contributed by atoms with E-state index in [1.165, 1.54) is 33.5 Å². The summed E-state index contributed by atoms with van der Waals surface area (Å²) in [5.41, 5.74) is 4.37. The summed E-state index contributed by atoms with van der Waals surface area (Å²) < 4.78 is 14.9. The van der Waals surface area contributed by atoms with Crippen molar-refractivity contribution >= 4 is 17.7 Å². The second kappa shape index (κ2) is 9.26. The first-order chi connectivity index (χ1) is 11.0. The first-order valence-corrected chi connectivity index (χ1v) is 6.63. The van der Waals surface area contributed by atoms with E-state index in [4.69, 9.17) is 14.2 Å². The summed E-state index contributed by atoms with van der Waals surface area (Å²) in [6, 6.07) is 4.48. The van der Waals surface area contributed by atoms with Crippen molar-refractivity contribution in [2.45, 2.75) is 0 Å². The highest BCUT2D eigenvalue weighted by atomic mass is 16.5. The van der Waals surface area contributed by atoms with E-state index in [0.717, 1.165) is 0 Å². The Balaban J connectivity index is 2.56. The molecule has 0 spiro atoms. The Labute approximate surface area is 133 Å². The summed E-state index contributed by atoms with van der Waals surface area (Å²) in [5, 5.41) is 2.32. The van der Waals surface area contributed by atoms with Crippen LogP contribution in [0.5, 0.6) is 11.5 Å². The molecule has 1 rings (SSSR count). The zero-order valence-electron chi connectivity index (χ0n) is 13.1. The number of nitrogens with one attached hydrogen (secondary N) is 3. The van der Waals surface area contributed by atoms with Gasteiger partial charge >= 0.3 is 11.8 Å². The summed E-state index contributed by atoms with van der Waals surface area (Å²) >= 11 is 0. The summed E-state index contributed by atoms with van der Waals surface area (Å²) in [4.78, 5) is 34.8.